The molecule has 0 unspecified atom stereocenters. The molecular weight excluding hydrogens is 504 g/mol. The number of benzene rings is 1. The third-order valence-corrected chi connectivity index (χ3v) is 7.24. The molecule has 3 N–H and O–H groups in total. The number of carbonyl (C=O) groups is 2. The van der Waals surface area contributed by atoms with Crippen molar-refractivity contribution in [3.8, 4) is 0 Å². The highest BCUT2D eigenvalue weighted by Crippen LogP contribution is 2.33. The molecule has 1 fully saturated rings. The van der Waals surface area contributed by atoms with Crippen molar-refractivity contribution in [3.05, 3.63) is 61.5 Å². The van der Waals surface area contributed by atoms with Crippen LogP contribution in [-0.4, -0.2) is 41.2 Å². The maximum atomic E-state index is 13.2. The van der Waals surface area contributed by atoms with Gasteiger partial charge in [-0.25, -0.2) is 4.79 Å². The lowest BCUT2D eigenvalue weighted by Gasteiger charge is -2.39. The van der Waals surface area contributed by atoms with Crippen LogP contribution in [0.25, 0.3) is 0 Å². The summed E-state index contributed by atoms with van der Waals surface area (Å²) in [6.07, 6.45) is 3.11. The topological polar surface area (TPSA) is 104 Å². The van der Waals surface area contributed by atoms with Gasteiger partial charge in [-0.2, -0.15) is 0 Å². The summed E-state index contributed by atoms with van der Waals surface area (Å²) in [4.78, 5) is 42.9. The molecule has 1 aliphatic carbocycles. The molecule has 2 aromatic rings. The summed E-state index contributed by atoms with van der Waals surface area (Å²) in [5.74, 6) is -0.271. The number of nitrogens with one attached hydrogen (secondary N) is 3. The fourth-order valence-corrected chi connectivity index (χ4v) is 5.41. The fraction of sp³-hybridized carbons (Fsp3) is 0.552. The Morgan fingerprint density at radius 1 is 1.11 bits per heavy atom. The molecule has 0 bridgehead atoms. The van der Waals surface area contributed by atoms with Gasteiger partial charge in [0.15, 0.2) is 0 Å². The van der Waals surface area contributed by atoms with Crippen molar-refractivity contribution in [3.63, 3.8) is 0 Å². The van der Waals surface area contributed by atoms with E-state index in [2.05, 4.69) is 27.4 Å². The van der Waals surface area contributed by atoms with Gasteiger partial charge in [-0.15, -0.1) is 0 Å². The van der Waals surface area contributed by atoms with Gasteiger partial charge in [0, 0.05) is 52.7 Å². The molecule has 1 heterocycles. The number of anilines is 1. The van der Waals surface area contributed by atoms with Crippen LogP contribution >= 0.6 is 11.6 Å². The first-order chi connectivity index (χ1) is 17.8. The van der Waals surface area contributed by atoms with Crippen LogP contribution in [0.5, 0.6) is 0 Å². The maximum absolute atomic E-state index is 13.2. The number of nitrogens with zero attached hydrogens (tertiary/aromatic N) is 1. The van der Waals surface area contributed by atoms with Gasteiger partial charge in [0.2, 0.25) is 0 Å². The van der Waals surface area contributed by atoms with E-state index in [0.717, 1.165) is 54.7 Å². The average Bonchev–Trinajstić information content (AvgIpc) is 2.80. The Bertz CT molecular complexity index is 1230. The molecule has 1 aliphatic rings. The Balaban J connectivity index is 1.71. The van der Waals surface area contributed by atoms with Gasteiger partial charge < -0.3 is 25.3 Å². The van der Waals surface area contributed by atoms with E-state index in [1.807, 2.05) is 53.7 Å². The van der Waals surface area contributed by atoms with Crippen molar-refractivity contribution in [1.82, 2.24) is 15.6 Å². The zero-order valence-electron chi connectivity index (χ0n) is 23.6. The Hall–Kier alpha value is -3.00. The number of amides is 2. The number of hydrogen-bond acceptors (Lipinski definition) is 5. The van der Waals surface area contributed by atoms with Crippen LogP contribution in [-0.2, 0) is 11.3 Å². The number of halogens is 1. The standard InChI is InChI=1S/C29H41ClN4O4/c1-8-34(22-11-9-21(10-12-22)33-28(37)38-29(5,6)7)25-15-20(30)14-23(19(25)4)26(35)31-16-24-17(2)13-18(3)32-27(24)36/h13-15,21-22H,8-12,16H2,1-7H3,(H,31,35)(H,32,36)(H,33,37)/t21-,22-. The van der Waals surface area contributed by atoms with Crippen LogP contribution in [0, 0.1) is 20.8 Å². The van der Waals surface area contributed by atoms with Crippen LogP contribution in [0.4, 0.5) is 10.5 Å². The molecule has 208 valence electrons. The highest BCUT2D eigenvalue weighted by Gasteiger charge is 2.29. The number of pyridine rings is 1. The first-order valence-electron chi connectivity index (χ1n) is 13.3. The van der Waals surface area contributed by atoms with E-state index in [1.54, 1.807) is 6.07 Å². The van der Waals surface area contributed by atoms with Gasteiger partial charge in [0.25, 0.3) is 11.5 Å². The Morgan fingerprint density at radius 3 is 2.34 bits per heavy atom. The monoisotopic (exact) mass is 544 g/mol. The summed E-state index contributed by atoms with van der Waals surface area (Å²) >= 11 is 6.50. The van der Waals surface area contributed by atoms with Crippen LogP contribution in [0.3, 0.4) is 0 Å². The lowest BCUT2D eigenvalue weighted by atomic mass is 9.89. The van der Waals surface area contributed by atoms with Gasteiger partial charge in [0.1, 0.15) is 5.60 Å². The number of aromatic nitrogens is 1. The smallest absolute Gasteiger partial charge is 0.407 e. The number of alkyl carbamates (subject to hydrolysis) is 1. The fourth-order valence-electron chi connectivity index (χ4n) is 5.20. The summed E-state index contributed by atoms with van der Waals surface area (Å²) in [6.45, 7) is 14.2. The zero-order chi connectivity index (χ0) is 28.2. The van der Waals surface area contributed by atoms with E-state index in [4.69, 9.17) is 16.3 Å². The zero-order valence-corrected chi connectivity index (χ0v) is 24.3. The van der Waals surface area contributed by atoms with Crippen molar-refractivity contribution in [2.75, 3.05) is 11.4 Å². The Labute approximate surface area is 230 Å². The number of H-pyrrole nitrogens is 1. The molecule has 3 rings (SSSR count). The Morgan fingerprint density at radius 2 is 1.76 bits per heavy atom. The highest BCUT2D eigenvalue weighted by atomic mass is 35.5. The second kappa shape index (κ2) is 12.2. The summed E-state index contributed by atoms with van der Waals surface area (Å²) < 4.78 is 5.40. The number of aryl methyl sites for hydroxylation is 2. The van der Waals surface area contributed by atoms with Crippen LogP contribution in [0.2, 0.25) is 5.02 Å². The van der Waals surface area contributed by atoms with E-state index < -0.39 is 5.60 Å². The van der Waals surface area contributed by atoms with E-state index in [0.29, 0.717) is 16.1 Å². The molecule has 2 amide bonds. The lowest BCUT2D eigenvalue weighted by Crippen LogP contribution is -2.45. The van der Waals surface area contributed by atoms with Crippen LogP contribution in [0.1, 0.15) is 86.1 Å². The number of ether oxygens (including phenoxy) is 1. The number of hydrogen-bond donors (Lipinski definition) is 3. The minimum atomic E-state index is -0.525. The molecule has 1 aromatic carbocycles. The quantitative estimate of drug-likeness (QED) is 0.424. The first kappa shape index (κ1) is 29.6. The number of aromatic amines is 1. The average molecular weight is 545 g/mol. The van der Waals surface area contributed by atoms with Crippen molar-refractivity contribution >= 4 is 29.3 Å². The van der Waals surface area contributed by atoms with E-state index in [1.165, 1.54) is 0 Å². The van der Waals surface area contributed by atoms with Crippen molar-refractivity contribution in [2.24, 2.45) is 0 Å². The largest absolute Gasteiger partial charge is 0.444 e. The van der Waals surface area contributed by atoms with Gasteiger partial charge in [-0.1, -0.05) is 11.6 Å². The third-order valence-electron chi connectivity index (χ3n) is 7.02. The van der Waals surface area contributed by atoms with E-state index in [-0.39, 0.29) is 36.2 Å². The molecule has 8 nitrogen and oxygen atoms in total. The molecule has 9 heteroatoms. The van der Waals surface area contributed by atoms with Gasteiger partial charge in [0.05, 0.1) is 0 Å². The predicted octanol–water partition coefficient (Wildman–Crippen LogP) is 5.55. The number of carbonyl (C=O) groups excluding carboxylic acids is 2. The van der Waals surface area contributed by atoms with Gasteiger partial charge in [-0.05, 0) is 103 Å². The normalized spacial score (nSPS) is 17.6. The van der Waals surface area contributed by atoms with Crippen molar-refractivity contribution in [2.45, 2.75) is 98.4 Å². The molecule has 0 radical (unpaired) electrons. The molecule has 0 saturated heterocycles. The van der Waals surface area contributed by atoms with Gasteiger partial charge in [-0.3, -0.25) is 9.59 Å². The summed E-state index contributed by atoms with van der Waals surface area (Å²) in [5, 5.41) is 6.38. The molecular formula is C29H41ClN4O4. The summed E-state index contributed by atoms with van der Waals surface area (Å²) in [5.41, 5.74) is 3.71. The van der Waals surface area contributed by atoms with E-state index in [9.17, 15) is 14.4 Å². The minimum Gasteiger partial charge on any atom is -0.444 e. The van der Waals surface area contributed by atoms with Gasteiger partial charge >= 0.3 is 6.09 Å². The second-order valence-electron chi connectivity index (χ2n) is 11.2. The summed E-state index contributed by atoms with van der Waals surface area (Å²) in [7, 11) is 0. The van der Waals surface area contributed by atoms with Crippen molar-refractivity contribution in [1.29, 1.82) is 0 Å². The molecule has 1 saturated carbocycles. The third kappa shape index (κ3) is 7.53. The predicted molar refractivity (Wildman–Crippen MR) is 152 cm³/mol. The molecule has 1 aromatic heterocycles. The lowest BCUT2D eigenvalue weighted by molar-refractivity contribution is 0.0491. The van der Waals surface area contributed by atoms with E-state index >= 15 is 0 Å². The van der Waals surface area contributed by atoms with Crippen molar-refractivity contribution < 1.29 is 14.3 Å². The minimum absolute atomic E-state index is 0.0787. The second-order valence-corrected chi connectivity index (χ2v) is 11.6. The summed E-state index contributed by atoms with van der Waals surface area (Å²) in [6, 6.07) is 5.82. The number of rotatable bonds is 7. The highest BCUT2D eigenvalue weighted by molar-refractivity contribution is 6.31. The molecule has 0 atom stereocenters. The molecule has 0 aliphatic heterocycles. The Kier molecular flexibility index (Phi) is 9.52. The van der Waals surface area contributed by atoms with Crippen LogP contribution < -0.4 is 21.1 Å². The molecule has 38 heavy (non-hydrogen) atoms. The van der Waals surface area contributed by atoms with Crippen LogP contribution in [0.15, 0.2) is 23.0 Å². The maximum Gasteiger partial charge on any atom is 0.407 e. The SMILES string of the molecule is CCN(c1cc(Cl)cc(C(=O)NCc2c(C)cc(C)[nH]c2=O)c1C)[C@H]1CC[C@H](NC(=O)OC(C)(C)C)CC1. The first-order valence-corrected chi connectivity index (χ1v) is 13.7. The molecule has 0 spiro atoms.